The number of benzene rings is 3. The maximum Gasteiger partial charge on any atom is 0.241 e. The molecule has 5 rings (SSSR count). The fourth-order valence-electron chi connectivity index (χ4n) is 5.74. The van der Waals surface area contributed by atoms with E-state index in [1.165, 1.54) is 4.90 Å². The van der Waals surface area contributed by atoms with Gasteiger partial charge in [0.1, 0.15) is 0 Å². The molecule has 150 valence electrons. The van der Waals surface area contributed by atoms with Gasteiger partial charge in [0.2, 0.25) is 11.8 Å². The van der Waals surface area contributed by atoms with E-state index in [4.69, 9.17) is 0 Å². The van der Waals surface area contributed by atoms with Crippen LogP contribution >= 0.6 is 0 Å². The number of imide groups is 1. The molecular formula is C27H25NO2. The van der Waals surface area contributed by atoms with Gasteiger partial charge in [-0.15, -0.1) is 0 Å². The minimum absolute atomic E-state index is 0.0599. The molecule has 3 aromatic rings. The van der Waals surface area contributed by atoms with E-state index < -0.39 is 10.8 Å². The van der Waals surface area contributed by atoms with Gasteiger partial charge in [-0.2, -0.15) is 0 Å². The van der Waals surface area contributed by atoms with E-state index in [9.17, 15) is 9.59 Å². The summed E-state index contributed by atoms with van der Waals surface area (Å²) in [6.45, 7) is 6.00. The summed E-state index contributed by atoms with van der Waals surface area (Å²) in [5.74, 6) is -0.154. The average Bonchev–Trinajstić information content (AvgIpc) is 3.35. The molecule has 1 heterocycles. The Bertz CT molecular complexity index is 1100. The van der Waals surface area contributed by atoms with Gasteiger partial charge in [0, 0.05) is 11.8 Å². The van der Waals surface area contributed by atoms with Crippen LogP contribution in [-0.2, 0) is 15.0 Å². The number of aryl methyl sites for hydroxylation is 3. The first-order chi connectivity index (χ1) is 14.4. The van der Waals surface area contributed by atoms with Crippen molar-refractivity contribution in [2.45, 2.75) is 39.0 Å². The third-order valence-corrected chi connectivity index (χ3v) is 6.97. The molecule has 2 amide bonds. The van der Waals surface area contributed by atoms with Crippen molar-refractivity contribution < 1.29 is 9.59 Å². The van der Waals surface area contributed by atoms with Crippen LogP contribution in [0.25, 0.3) is 0 Å². The SMILES string of the molecule is Cc1cc(C)c(N2C(=O)C[C@@]3(CC3(c3ccccc3)c3ccccc3)C2=O)c(C)c1. The van der Waals surface area contributed by atoms with Gasteiger partial charge in [-0.1, -0.05) is 78.4 Å². The van der Waals surface area contributed by atoms with Crippen molar-refractivity contribution in [2.75, 3.05) is 4.90 Å². The highest BCUT2D eigenvalue weighted by Gasteiger charge is 2.77. The zero-order valence-electron chi connectivity index (χ0n) is 17.6. The van der Waals surface area contributed by atoms with Crippen molar-refractivity contribution in [1.82, 2.24) is 0 Å². The first-order valence-corrected chi connectivity index (χ1v) is 10.5. The lowest BCUT2D eigenvalue weighted by Gasteiger charge is -2.24. The minimum atomic E-state index is -0.712. The van der Waals surface area contributed by atoms with Gasteiger partial charge in [-0.25, -0.2) is 4.90 Å². The smallest absolute Gasteiger partial charge is 0.241 e. The fourth-order valence-corrected chi connectivity index (χ4v) is 5.74. The standard InChI is InChI=1S/C27H25NO2/c1-18-14-19(2)24(20(3)15-18)28-23(29)16-26(25(28)30)17-27(26,21-10-6-4-7-11-21)22-12-8-5-9-13-22/h4-15H,16-17H2,1-3H3/t26-/m1/s1. The lowest BCUT2D eigenvalue weighted by Crippen LogP contribution is -2.34. The summed E-state index contributed by atoms with van der Waals surface area (Å²) < 4.78 is 0. The van der Waals surface area contributed by atoms with Crippen LogP contribution < -0.4 is 4.90 Å². The van der Waals surface area contributed by atoms with Crippen molar-refractivity contribution in [3.8, 4) is 0 Å². The molecule has 1 saturated carbocycles. The van der Waals surface area contributed by atoms with E-state index in [1.807, 2.05) is 69.3 Å². The van der Waals surface area contributed by atoms with Gasteiger partial charge in [0.25, 0.3) is 0 Å². The Morgan fingerprint density at radius 1 is 0.767 bits per heavy atom. The second-order valence-corrected chi connectivity index (χ2v) is 8.85. The summed E-state index contributed by atoms with van der Waals surface area (Å²) in [4.78, 5) is 28.7. The zero-order chi connectivity index (χ0) is 21.1. The maximum absolute atomic E-state index is 14.0. The monoisotopic (exact) mass is 395 g/mol. The van der Waals surface area contributed by atoms with Crippen LogP contribution in [0.4, 0.5) is 5.69 Å². The van der Waals surface area contributed by atoms with Crippen molar-refractivity contribution in [3.63, 3.8) is 0 Å². The maximum atomic E-state index is 14.0. The molecule has 1 spiro atoms. The fraction of sp³-hybridized carbons (Fsp3) is 0.259. The normalized spacial score (nSPS) is 22.0. The second kappa shape index (κ2) is 6.40. The Morgan fingerprint density at radius 2 is 1.27 bits per heavy atom. The highest BCUT2D eigenvalue weighted by molar-refractivity contribution is 6.25. The number of carbonyl (C=O) groups is 2. The Balaban J connectivity index is 1.66. The number of amides is 2. The predicted octanol–water partition coefficient (Wildman–Crippen LogP) is 5.25. The van der Waals surface area contributed by atoms with Crippen LogP contribution in [0.3, 0.4) is 0 Å². The van der Waals surface area contributed by atoms with Gasteiger partial charge in [-0.05, 0) is 49.4 Å². The van der Waals surface area contributed by atoms with Crippen LogP contribution in [-0.4, -0.2) is 11.8 Å². The second-order valence-electron chi connectivity index (χ2n) is 8.85. The Kier molecular flexibility index (Phi) is 4.01. The van der Waals surface area contributed by atoms with Crippen LogP contribution in [0.1, 0.15) is 40.7 Å². The Hall–Kier alpha value is -3.20. The molecule has 2 fully saturated rings. The summed E-state index contributed by atoms with van der Waals surface area (Å²) in [7, 11) is 0. The Labute approximate surface area is 177 Å². The number of anilines is 1. The summed E-state index contributed by atoms with van der Waals surface area (Å²) in [5.41, 5.74) is 4.88. The number of rotatable bonds is 3. The van der Waals surface area contributed by atoms with E-state index in [2.05, 4.69) is 24.3 Å². The van der Waals surface area contributed by atoms with Gasteiger partial charge in [0.05, 0.1) is 11.1 Å². The van der Waals surface area contributed by atoms with E-state index in [-0.39, 0.29) is 18.2 Å². The molecule has 1 saturated heterocycles. The first kappa shape index (κ1) is 18.8. The predicted molar refractivity (Wildman–Crippen MR) is 118 cm³/mol. The molecule has 0 unspecified atom stereocenters. The molecule has 1 aliphatic carbocycles. The molecule has 0 bridgehead atoms. The molecule has 0 aromatic heterocycles. The van der Waals surface area contributed by atoms with Crippen molar-refractivity contribution in [1.29, 1.82) is 0 Å². The molecule has 3 nitrogen and oxygen atoms in total. The number of carbonyl (C=O) groups excluding carboxylic acids is 2. The van der Waals surface area contributed by atoms with Crippen molar-refractivity contribution in [3.05, 3.63) is 101 Å². The molecule has 1 atom stereocenters. The van der Waals surface area contributed by atoms with E-state index >= 15 is 0 Å². The quantitative estimate of drug-likeness (QED) is 0.568. The van der Waals surface area contributed by atoms with Crippen LogP contribution in [0.5, 0.6) is 0 Å². The largest absolute Gasteiger partial charge is 0.274 e. The van der Waals surface area contributed by atoms with E-state index in [1.54, 1.807) is 0 Å². The van der Waals surface area contributed by atoms with E-state index in [0.29, 0.717) is 6.42 Å². The topological polar surface area (TPSA) is 37.4 Å². The highest BCUT2D eigenvalue weighted by Crippen LogP contribution is 2.72. The zero-order valence-corrected chi connectivity index (χ0v) is 17.6. The molecule has 2 aliphatic rings. The summed E-state index contributed by atoms with van der Waals surface area (Å²) in [5, 5.41) is 0. The molecule has 3 aromatic carbocycles. The third kappa shape index (κ3) is 2.38. The summed E-state index contributed by atoms with van der Waals surface area (Å²) in [6.07, 6.45) is 0.918. The molecule has 30 heavy (non-hydrogen) atoms. The van der Waals surface area contributed by atoms with Gasteiger partial charge >= 0.3 is 0 Å². The minimum Gasteiger partial charge on any atom is -0.274 e. The van der Waals surface area contributed by atoms with Gasteiger partial charge < -0.3 is 0 Å². The van der Waals surface area contributed by atoms with Crippen LogP contribution in [0, 0.1) is 26.2 Å². The first-order valence-electron chi connectivity index (χ1n) is 10.5. The average molecular weight is 396 g/mol. The molecule has 3 heteroatoms. The molecule has 1 aliphatic heterocycles. The third-order valence-electron chi connectivity index (χ3n) is 6.97. The van der Waals surface area contributed by atoms with Crippen molar-refractivity contribution >= 4 is 17.5 Å². The molecule has 0 radical (unpaired) electrons. The van der Waals surface area contributed by atoms with Crippen LogP contribution in [0.2, 0.25) is 0 Å². The van der Waals surface area contributed by atoms with Crippen molar-refractivity contribution in [2.24, 2.45) is 5.41 Å². The van der Waals surface area contributed by atoms with Gasteiger partial charge in [0.15, 0.2) is 0 Å². The highest BCUT2D eigenvalue weighted by atomic mass is 16.2. The number of hydrogen-bond acceptors (Lipinski definition) is 2. The van der Waals surface area contributed by atoms with E-state index in [0.717, 1.165) is 33.5 Å². The van der Waals surface area contributed by atoms with Gasteiger partial charge in [-0.3, -0.25) is 9.59 Å². The lowest BCUT2D eigenvalue weighted by atomic mass is 9.79. The number of nitrogens with zero attached hydrogens (tertiary/aromatic N) is 1. The molecule has 0 N–H and O–H groups in total. The summed E-state index contributed by atoms with van der Waals surface area (Å²) in [6, 6.07) is 24.5. The Morgan fingerprint density at radius 3 is 1.77 bits per heavy atom. The molecular weight excluding hydrogens is 370 g/mol. The lowest BCUT2D eigenvalue weighted by molar-refractivity contribution is -0.123. The summed E-state index contributed by atoms with van der Waals surface area (Å²) >= 11 is 0. The van der Waals surface area contributed by atoms with Crippen LogP contribution in [0.15, 0.2) is 72.8 Å². The number of hydrogen-bond donors (Lipinski definition) is 0.